The quantitative estimate of drug-likeness (QED) is 0.480. The fourth-order valence-corrected chi connectivity index (χ4v) is 5.43. The van der Waals surface area contributed by atoms with Gasteiger partial charge in [0.2, 0.25) is 0 Å². The molecule has 0 aliphatic heterocycles. The third kappa shape index (κ3) is 4.25. The standard InChI is InChI=1S/C23H22Si/c1-24(2,23-11-7-4-8-12-23)19-22-17-15-21(16-18-22)14-13-20-9-5-3-6-10-20/h3-12,15-18H,19H2,1-2H3. The first kappa shape index (κ1) is 16.3. The van der Waals surface area contributed by atoms with Gasteiger partial charge in [-0.15, -0.1) is 0 Å². The maximum atomic E-state index is 3.24. The number of benzene rings is 3. The largest absolute Gasteiger partial charge is 0.0849 e. The Morgan fingerprint density at radius 3 is 1.71 bits per heavy atom. The van der Waals surface area contributed by atoms with Crippen molar-refractivity contribution in [3.8, 4) is 11.8 Å². The van der Waals surface area contributed by atoms with Gasteiger partial charge < -0.3 is 0 Å². The van der Waals surface area contributed by atoms with E-state index >= 15 is 0 Å². The van der Waals surface area contributed by atoms with Crippen molar-refractivity contribution in [3.63, 3.8) is 0 Å². The number of rotatable bonds is 3. The van der Waals surface area contributed by atoms with Crippen molar-refractivity contribution in [2.75, 3.05) is 0 Å². The van der Waals surface area contributed by atoms with E-state index in [9.17, 15) is 0 Å². The lowest BCUT2D eigenvalue weighted by Gasteiger charge is -2.23. The Morgan fingerprint density at radius 2 is 1.12 bits per heavy atom. The molecule has 0 N–H and O–H groups in total. The molecule has 1 heteroatoms. The van der Waals surface area contributed by atoms with Gasteiger partial charge in [0.15, 0.2) is 0 Å². The highest BCUT2D eigenvalue weighted by molar-refractivity contribution is 6.89. The second-order valence-electron chi connectivity index (χ2n) is 6.74. The molecule has 0 saturated carbocycles. The minimum Gasteiger partial charge on any atom is -0.0652 e. The predicted molar refractivity (Wildman–Crippen MR) is 106 cm³/mol. The van der Waals surface area contributed by atoms with E-state index in [1.54, 1.807) is 0 Å². The van der Waals surface area contributed by atoms with E-state index in [0.717, 1.165) is 17.2 Å². The van der Waals surface area contributed by atoms with Gasteiger partial charge in [0.25, 0.3) is 0 Å². The van der Waals surface area contributed by atoms with E-state index in [4.69, 9.17) is 0 Å². The zero-order valence-corrected chi connectivity index (χ0v) is 15.3. The lowest BCUT2D eigenvalue weighted by atomic mass is 10.1. The number of hydrogen-bond acceptors (Lipinski definition) is 0. The molecule has 0 fully saturated rings. The summed E-state index contributed by atoms with van der Waals surface area (Å²) in [5, 5.41) is 1.51. The highest BCUT2D eigenvalue weighted by Crippen LogP contribution is 2.13. The number of hydrogen-bond donors (Lipinski definition) is 0. The summed E-state index contributed by atoms with van der Waals surface area (Å²) < 4.78 is 0. The molecule has 118 valence electrons. The van der Waals surface area contributed by atoms with Crippen LogP contribution >= 0.6 is 0 Å². The molecule has 0 amide bonds. The van der Waals surface area contributed by atoms with Crippen LogP contribution in [0.3, 0.4) is 0 Å². The molecule has 0 saturated heterocycles. The van der Waals surface area contributed by atoms with E-state index in [1.165, 1.54) is 10.8 Å². The summed E-state index contributed by atoms with van der Waals surface area (Å²) in [6.07, 6.45) is 0. The van der Waals surface area contributed by atoms with Crippen LogP contribution in [0.25, 0.3) is 0 Å². The summed E-state index contributed by atoms with van der Waals surface area (Å²) in [4.78, 5) is 0. The minimum absolute atomic E-state index is 1.05. The summed E-state index contributed by atoms with van der Waals surface area (Å²) in [5.41, 5.74) is 3.53. The van der Waals surface area contributed by atoms with Crippen LogP contribution in [-0.4, -0.2) is 8.07 Å². The molecule has 0 aliphatic carbocycles. The topological polar surface area (TPSA) is 0 Å². The average molecular weight is 327 g/mol. The Labute approximate surface area is 146 Å². The van der Waals surface area contributed by atoms with Crippen molar-refractivity contribution in [2.24, 2.45) is 0 Å². The first-order chi connectivity index (χ1) is 11.6. The van der Waals surface area contributed by atoms with Gasteiger partial charge in [0, 0.05) is 11.1 Å². The molecule has 0 bridgehead atoms. The molecule has 3 rings (SSSR count). The van der Waals surface area contributed by atoms with E-state index in [1.807, 2.05) is 30.3 Å². The molecule has 0 atom stereocenters. The molecule has 0 radical (unpaired) electrons. The first-order valence-electron chi connectivity index (χ1n) is 8.35. The molecule has 0 spiro atoms. The van der Waals surface area contributed by atoms with Crippen LogP contribution < -0.4 is 5.19 Å². The van der Waals surface area contributed by atoms with Crippen molar-refractivity contribution in [3.05, 3.63) is 102 Å². The second kappa shape index (κ2) is 7.34. The van der Waals surface area contributed by atoms with Gasteiger partial charge >= 0.3 is 0 Å². The first-order valence-corrected chi connectivity index (χ1v) is 11.6. The third-order valence-corrected chi connectivity index (χ3v) is 7.47. The molecular weight excluding hydrogens is 304 g/mol. The van der Waals surface area contributed by atoms with Crippen molar-refractivity contribution in [1.29, 1.82) is 0 Å². The zero-order chi connectivity index (χ0) is 16.8. The molecule has 0 unspecified atom stereocenters. The van der Waals surface area contributed by atoms with Crippen LogP contribution in [0.1, 0.15) is 16.7 Å². The normalized spacial score (nSPS) is 10.8. The Balaban J connectivity index is 1.72. The Bertz CT molecular complexity index is 835. The Hall–Kier alpha value is -2.56. The molecule has 24 heavy (non-hydrogen) atoms. The van der Waals surface area contributed by atoms with Crippen LogP contribution in [0.2, 0.25) is 13.1 Å². The fraction of sp³-hybridized carbons (Fsp3) is 0.130. The third-order valence-electron chi connectivity index (χ3n) is 4.28. The molecule has 0 heterocycles. The van der Waals surface area contributed by atoms with Crippen LogP contribution in [-0.2, 0) is 6.04 Å². The van der Waals surface area contributed by atoms with Gasteiger partial charge in [-0.1, -0.05) is 96.3 Å². The van der Waals surface area contributed by atoms with E-state index in [-0.39, 0.29) is 0 Å². The van der Waals surface area contributed by atoms with E-state index in [2.05, 4.69) is 79.5 Å². The molecule has 0 aromatic heterocycles. The monoisotopic (exact) mass is 326 g/mol. The summed E-state index contributed by atoms with van der Waals surface area (Å²) >= 11 is 0. The van der Waals surface area contributed by atoms with Crippen molar-refractivity contribution in [2.45, 2.75) is 19.1 Å². The van der Waals surface area contributed by atoms with E-state index < -0.39 is 8.07 Å². The van der Waals surface area contributed by atoms with Gasteiger partial charge in [0.05, 0.1) is 8.07 Å². The molecule has 3 aromatic rings. The highest BCUT2D eigenvalue weighted by atomic mass is 28.3. The van der Waals surface area contributed by atoms with Crippen molar-refractivity contribution >= 4 is 13.3 Å². The highest BCUT2D eigenvalue weighted by Gasteiger charge is 2.23. The van der Waals surface area contributed by atoms with Crippen LogP contribution in [0, 0.1) is 11.8 Å². The minimum atomic E-state index is -1.44. The van der Waals surface area contributed by atoms with Crippen LogP contribution in [0.15, 0.2) is 84.9 Å². The van der Waals surface area contributed by atoms with Crippen molar-refractivity contribution in [1.82, 2.24) is 0 Å². The van der Waals surface area contributed by atoms with Gasteiger partial charge in [0.1, 0.15) is 0 Å². The van der Waals surface area contributed by atoms with E-state index in [0.29, 0.717) is 0 Å². The zero-order valence-electron chi connectivity index (χ0n) is 14.3. The molecular formula is C23H22Si. The Morgan fingerprint density at radius 1 is 0.625 bits per heavy atom. The predicted octanol–water partition coefficient (Wildman–Crippen LogP) is 4.78. The van der Waals surface area contributed by atoms with Crippen molar-refractivity contribution < 1.29 is 0 Å². The summed E-state index contributed by atoms with van der Waals surface area (Å²) in [6, 6.07) is 30.9. The Kier molecular flexibility index (Phi) is 4.98. The molecule has 3 aromatic carbocycles. The SMILES string of the molecule is C[Si](C)(Cc1ccc(C#Cc2ccccc2)cc1)c1ccccc1. The molecule has 0 aliphatic rings. The summed E-state index contributed by atoms with van der Waals surface area (Å²) in [5.74, 6) is 6.46. The van der Waals surface area contributed by atoms with Gasteiger partial charge in [-0.2, -0.15) is 0 Å². The van der Waals surface area contributed by atoms with Crippen LogP contribution in [0.4, 0.5) is 0 Å². The molecule has 0 nitrogen and oxygen atoms in total. The van der Waals surface area contributed by atoms with Gasteiger partial charge in [-0.05, 0) is 30.3 Å². The summed E-state index contributed by atoms with van der Waals surface area (Å²) in [7, 11) is -1.44. The van der Waals surface area contributed by atoms with Gasteiger partial charge in [-0.25, -0.2) is 0 Å². The van der Waals surface area contributed by atoms with Gasteiger partial charge in [-0.3, -0.25) is 0 Å². The van der Waals surface area contributed by atoms with Crippen LogP contribution in [0.5, 0.6) is 0 Å². The lowest BCUT2D eigenvalue weighted by Crippen LogP contribution is -2.43. The smallest absolute Gasteiger partial charge is 0.0652 e. The fourth-order valence-electron chi connectivity index (χ4n) is 2.87. The second-order valence-corrected chi connectivity index (χ2v) is 11.4. The lowest BCUT2D eigenvalue weighted by molar-refractivity contribution is 1.32. The maximum absolute atomic E-state index is 3.24. The average Bonchev–Trinajstić information content (AvgIpc) is 2.62. The maximum Gasteiger partial charge on any atom is 0.0849 e. The summed E-state index contributed by atoms with van der Waals surface area (Å²) in [6.45, 7) is 4.87.